The molecule has 0 fully saturated rings. The van der Waals surface area contributed by atoms with Crippen LogP contribution in [0.4, 0.5) is 5.13 Å². The maximum Gasteiger partial charge on any atom is 0.316 e. The number of fused-ring (bicyclic) bond motifs is 1. The van der Waals surface area contributed by atoms with Gasteiger partial charge in [-0.15, -0.1) is 10.2 Å². The number of imide groups is 1. The summed E-state index contributed by atoms with van der Waals surface area (Å²) >= 11 is 2.03. The molecule has 112 valence electrons. The van der Waals surface area contributed by atoms with E-state index in [4.69, 9.17) is 5.11 Å². The zero-order valence-electron chi connectivity index (χ0n) is 11.2. The maximum absolute atomic E-state index is 12.3. The van der Waals surface area contributed by atoms with Crippen molar-refractivity contribution in [2.24, 2.45) is 0 Å². The minimum Gasteiger partial charge on any atom is -0.480 e. The molecule has 0 bridgehead atoms. The van der Waals surface area contributed by atoms with Crippen LogP contribution in [0.3, 0.4) is 0 Å². The van der Waals surface area contributed by atoms with Crippen LogP contribution in [0.1, 0.15) is 27.6 Å². The van der Waals surface area contributed by atoms with Gasteiger partial charge in [-0.2, -0.15) is 0 Å². The molecule has 22 heavy (non-hydrogen) atoms. The highest BCUT2D eigenvalue weighted by Gasteiger charge is 2.38. The average molecular weight is 335 g/mol. The molecule has 0 saturated carbocycles. The van der Waals surface area contributed by atoms with Crippen LogP contribution < -0.4 is 4.90 Å². The fraction of sp³-hybridized carbons (Fsp3) is 0.154. The quantitative estimate of drug-likeness (QED) is 0.517. The van der Waals surface area contributed by atoms with Gasteiger partial charge in [0.2, 0.25) is 5.13 Å². The first-order valence-corrected chi connectivity index (χ1v) is 7.89. The van der Waals surface area contributed by atoms with Crippen molar-refractivity contribution in [2.75, 3.05) is 4.90 Å². The van der Waals surface area contributed by atoms with Gasteiger partial charge in [0.25, 0.3) is 11.8 Å². The Kier molecular flexibility index (Phi) is 3.67. The number of benzene rings is 1. The van der Waals surface area contributed by atoms with E-state index >= 15 is 0 Å². The number of nitrogens with zero attached hydrogens (tertiary/aromatic N) is 3. The Bertz CT molecular complexity index is 754. The lowest BCUT2D eigenvalue weighted by Gasteiger charge is -2.07. The van der Waals surface area contributed by atoms with Crippen molar-refractivity contribution in [1.29, 1.82) is 0 Å². The summed E-state index contributed by atoms with van der Waals surface area (Å²) in [7, 11) is 0. The zero-order chi connectivity index (χ0) is 15.9. The van der Waals surface area contributed by atoms with E-state index in [0.717, 1.165) is 28.0 Å². The number of rotatable bonds is 4. The molecule has 1 aromatic heterocycles. The first kappa shape index (κ1) is 14.7. The monoisotopic (exact) mass is 335 g/mol. The molecule has 1 atom stereocenters. The van der Waals surface area contributed by atoms with E-state index in [2.05, 4.69) is 10.2 Å². The fourth-order valence-electron chi connectivity index (χ4n) is 1.91. The van der Waals surface area contributed by atoms with Crippen LogP contribution in [0.25, 0.3) is 0 Å². The van der Waals surface area contributed by atoms with Crippen molar-refractivity contribution < 1.29 is 19.5 Å². The number of anilines is 1. The Labute approximate surface area is 133 Å². The van der Waals surface area contributed by atoms with Crippen LogP contribution in [0.5, 0.6) is 0 Å². The molecule has 0 aliphatic carbocycles. The summed E-state index contributed by atoms with van der Waals surface area (Å²) in [6.45, 7) is 1.52. The minimum atomic E-state index is -0.970. The number of carboxylic acids is 1. The second-order valence-electron chi connectivity index (χ2n) is 4.44. The van der Waals surface area contributed by atoms with Gasteiger partial charge in [-0.25, -0.2) is 4.90 Å². The lowest BCUT2D eigenvalue weighted by molar-refractivity contribution is -0.136. The van der Waals surface area contributed by atoms with E-state index in [9.17, 15) is 14.4 Å². The molecule has 1 aromatic carbocycles. The predicted molar refractivity (Wildman–Crippen MR) is 80.4 cm³/mol. The van der Waals surface area contributed by atoms with Gasteiger partial charge < -0.3 is 5.11 Å². The lowest BCUT2D eigenvalue weighted by Crippen LogP contribution is -2.29. The molecule has 2 heterocycles. The van der Waals surface area contributed by atoms with E-state index in [-0.39, 0.29) is 5.13 Å². The normalized spacial score (nSPS) is 15.0. The van der Waals surface area contributed by atoms with E-state index in [1.165, 1.54) is 6.92 Å². The SMILES string of the molecule is CC(Sc1nnc(N2C(=O)c3ccccc3C2=O)s1)C(=O)O. The number of hydrogen-bond acceptors (Lipinski definition) is 7. The third-order valence-electron chi connectivity index (χ3n) is 3.01. The lowest BCUT2D eigenvalue weighted by atomic mass is 10.1. The molecular weight excluding hydrogens is 326 g/mol. The summed E-state index contributed by atoms with van der Waals surface area (Å²) < 4.78 is 0.390. The largest absolute Gasteiger partial charge is 0.480 e. The van der Waals surface area contributed by atoms with Gasteiger partial charge in [-0.1, -0.05) is 35.2 Å². The van der Waals surface area contributed by atoms with Gasteiger partial charge >= 0.3 is 5.97 Å². The summed E-state index contributed by atoms with van der Waals surface area (Å²) in [5.74, 6) is -1.86. The van der Waals surface area contributed by atoms with Crippen LogP contribution in [-0.4, -0.2) is 38.3 Å². The Morgan fingerprint density at radius 2 is 1.82 bits per heavy atom. The Balaban J connectivity index is 1.88. The highest BCUT2D eigenvalue weighted by molar-refractivity contribution is 8.02. The highest BCUT2D eigenvalue weighted by Crippen LogP contribution is 2.34. The topological polar surface area (TPSA) is 100 Å². The molecule has 2 amide bonds. The smallest absolute Gasteiger partial charge is 0.316 e. The first-order chi connectivity index (χ1) is 10.5. The van der Waals surface area contributed by atoms with E-state index in [0.29, 0.717) is 15.5 Å². The summed E-state index contributed by atoms with van der Waals surface area (Å²) in [5, 5.41) is 16.0. The molecule has 3 rings (SSSR count). The van der Waals surface area contributed by atoms with Crippen molar-refractivity contribution in [3.63, 3.8) is 0 Å². The van der Waals surface area contributed by atoms with Crippen molar-refractivity contribution in [1.82, 2.24) is 10.2 Å². The average Bonchev–Trinajstić information content (AvgIpc) is 3.03. The Morgan fingerprint density at radius 3 is 2.36 bits per heavy atom. The van der Waals surface area contributed by atoms with Crippen molar-refractivity contribution >= 4 is 46.0 Å². The number of amides is 2. The molecule has 0 saturated heterocycles. The van der Waals surface area contributed by atoms with Crippen LogP contribution in [0, 0.1) is 0 Å². The van der Waals surface area contributed by atoms with Crippen molar-refractivity contribution in [3.05, 3.63) is 35.4 Å². The molecule has 0 radical (unpaired) electrons. The third-order valence-corrected chi connectivity index (χ3v) is 5.09. The van der Waals surface area contributed by atoms with Gasteiger partial charge in [0.05, 0.1) is 11.1 Å². The number of carboxylic acid groups (broad SMARTS) is 1. The summed E-state index contributed by atoms with van der Waals surface area (Å²) in [5.41, 5.74) is 0.659. The van der Waals surface area contributed by atoms with Gasteiger partial charge in [-0.05, 0) is 19.1 Å². The predicted octanol–water partition coefficient (Wildman–Crippen LogP) is 1.90. The summed E-state index contributed by atoms with van der Waals surface area (Å²) in [4.78, 5) is 36.4. The van der Waals surface area contributed by atoms with E-state index < -0.39 is 23.0 Å². The van der Waals surface area contributed by atoms with Crippen molar-refractivity contribution in [3.8, 4) is 0 Å². The molecular formula is C13H9N3O4S2. The van der Waals surface area contributed by atoms with Gasteiger partial charge in [0, 0.05) is 0 Å². The summed E-state index contributed by atoms with van der Waals surface area (Å²) in [6.07, 6.45) is 0. The molecule has 7 nitrogen and oxygen atoms in total. The number of carbonyl (C=O) groups is 3. The third kappa shape index (κ3) is 2.38. The first-order valence-electron chi connectivity index (χ1n) is 6.20. The van der Waals surface area contributed by atoms with Crippen LogP contribution in [0.2, 0.25) is 0 Å². The van der Waals surface area contributed by atoms with Crippen LogP contribution in [0.15, 0.2) is 28.6 Å². The number of thioether (sulfide) groups is 1. The molecule has 1 N–H and O–H groups in total. The number of aliphatic carboxylic acids is 1. The van der Waals surface area contributed by atoms with Crippen molar-refractivity contribution in [2.45, 2.75) is 16.5 Å². The van der Waals surface area contributed by atoms with E-state index in [1.54, 1.807) is 24.3 Å². The molecule has 1 unspecified atom stereocenters. The second kappa shape index (κ2) is 5.50. The molecule has 9 heteroatoms. The Morgan fingerprint density at radius 1 is 1.23 bits per heavy atom. The maximum atomic E-state index is 12.3. The summed E-state index contributed by atoms with van der Waals surface area (Å²) in [6, 6.07) is 6.53. The van der Waals surface area contributed by atoms with Gasteiger partial charge in [0.1, 0.15) is 5.25 Å². The Hall–Kier alpha value is -2.26. The molecule has 1 aliphatic rings. The fourth-order valence-corrected chi connectivity index (χ4v) is 3.82. The zero-order valence-corrected chi connectivity index (χ0v) is 12.8. The standard InChI is InChI=1S/C13H9N3O4S2/c1-6(11(19)20)21-13-15-14-12(22-13)16-9(17)7-4-2-3-5-8(7)10(16)18/h2-6H,1H3,(H,19,20). The second-order valence-corrected chi connectivity index (χ2v) is 6.98. The van der Waals surface area contributed by atoms with E-state index in [1.807, 2.05) is 0 Å². The number of hydrogen-bond donors (Lipinski definition) is 1. The molecule has 0 spiro atoms. The van der Waals surface area contributed by atoms with Gasteiger partial charge in [-0.3, -0.25) is 14.4 Å². The van der Waals surface area contributed by atoms with Crippen LogP contribution >= 0.6 is 23.1 Å². The number of aromatic nitrogens is 2. The van der Waals surface area contributed by atoms with Gasteiger partial charge in [0.15, 0.2) is 4.34 Å². The molecule has 2 aromatic rings. The number of carbonyl (C=O) groups excluding carboxylic acids is 2. The van der Waals surface area contributed by atoms with Crippen LogP contribution in [-0.2, 0) is 4.79 Å². The molecule has 1 aliphatic heterocycles. The minimum absolute atomic E-state index is 0.145. The highest BCUT2D eigenvalue weighted by atomic mass is 32.2.